The maximum atomic E-state index is 12.3. The van der Waals surface area contributed by atoms with Crippen molar-refractivity contribution >= 4 is 41.6 Å². The van der Waals surface area contributed by atoms with Gasteiger partial charge in [0.15, 0.2) is 11.0 Å². The van der Waals surface area contributed by atoms with Gasteiger partial charge in [0.1, 0.15) is 11.5 Å². The Labute approximate surface area is 205 Å². The van der Waals surface area contributed by atoms with Crippen LogP contribution >= 0.6 is 23.4 Å². The Kier molecular flexibility index (Phi) is 7.79. The van der Waals surface area contributed by atoms with E-state index in [2.05, 4.69) is 20.7 Å². The molecule has 2 heterocycles. The summed E-state index contributed by atoms with van der Waals surface area (Å²) >= 11 is 7.32. The predicted molar refractivity (Wildman–Crippen MR) is 133 cm³/mol. The Morgan fingerprint density at radius 2 is 1.97 bits per heavy atom. The number of thioether (sulfide) groups is 1. The first-order valence-electron chi connectivity index (χ1n) is 10.1. The molecule has 0 spiro atoms. The summed E-state index contributed by atoms with van der Waals surface area (Å²) < 4.78 is 12.3. The fourth-order valence-corrected chi connectivity index (χ4v) is 3.82. The van der Waals surface area contributed by atoms with E-state index in [9.17, 15) is 4.79 Å². The SMILES string of the molecule is COc1ccc(-c2nnc(SCC(=O)N/N=C\C=C/c3ccco3)n2-c2ccc(Cl)cc2)cc1. The first kappa shape index (κ1) is 23.3. The lowest BCUT2D eigenvalue weighted by Crippen LogP contribution is -2.19. The third-order valence-electron chi connectivity index (χ3n) is 4.55. The zero-order valence-corrected chi connectivity index (χ0v) is 19.7. The minimum absolute atomic E-state index is 0.105. The summed E-state index contributed by atoms with van der Waals surface area (Å²) in [7, 11) is 1.62. The number of hydrogen-bond donors (Lipinski definition) is 1. The van der Waals surface area contributed by atoms with E-state index in [0.29, 0.717) is 21.8 Å². The molecule has 0 saturated carbocycles. The van der Waals surface area contributed by atoms with Gasteiger partial charge in [-0.1, -0.05) is 23.4 Å². The van der Waals surface area contributed by atoms with Crippen LogP contribution in [-0.2, 0) is 4.79 Å². The van der Waals surface area contributed by atoms with E-state index >= 15 is 0 Å². The van der Waals surface area contributed by atoms with Crippen molar-refractivity contribution in [2.45, 2.75) is 5.16 Å². The first-order valence-corrected chi connectivity index (χ1v) is 11.5. The van der Waals surface area contributed by atoms with Gasteiger partial charge in [-0.15, -0.1) is 10.2 Å². The fraction of sp³-hybridized carbons (Fsp3) is 0.0833. The average molecular weight is 494 g/mol. The quantitative estimate of drug-likeness (QED) is 0.198. The zero-order chi connectivity index (χ0) is 23.8. The lowest BCUT2D eigenvalue weighted by atomic mass is 10.2. The van der Waals surface area contributed by atoms with Gasteiger partial charge in [-0.3, -0.25) is 9.36 Å². The number of hydrazone groups is 1. The molecule has 0 aliphatic heterocycles. The van der Waals surface area contributed by atoms with Gasteiger partial charge in [-0.05, 0) is 72.8 Å². The molecule has 4 aromatic rings. The van der Waals surface area contributed by atoms with Crippen molar-refractivity contribution < 1.29 is 13.9 Å². The number of ether oxygens (including phenoxy) is 1. The number of aromatic nitrogens is 3. The first-order chi connectivity index (χ1) is 16.6. The molecular weight excluding hydrogens is 474 g/mol. The Morgan fingerprint density at radius 1 is 1.18 bits per heavy atom. The van der Waals surface area contributed by atoms with Crippen molar-refractivity contribution in [3.8, 4) is 22.8 Å². The molecule has 2 aromatic carbocycles. The molecule has 34 heavy (non-hydrogen) atoms. The van der Waals surface area contributed by atoms with Crippen LogP contribution < -0.4 is 10.2 Å². The number of carbonyl (C=O) groups is 1. The number of allylic oxidation sites excluding steroid dienone is 1. The summed E-state index contributed by atoms with van der Waals surface area (Å²) in [6, 6.07) is 18.5. The summed E-state index contributed by atoms with van der Waals surface area (Å²) in [6.45, 7) is 0. The molecule has 0 saturated heterocycles. The van der Waals surface area contributed by atoms with Crippen LogP contribution in [0.4, 0.5) is 0 Å². The van der Waals surface area contributed by atoms with E-state index in [1.807, 2.05) is 47.0 Å². The third-order valence-corrected chi connectivity index (χ3v) is 5.73. The maximum Gasteiger partial charge on any atom is 0.250 e. The lowest BCUT2D eigenvalue weighted by molar-refractivity contribution is -0.118. The number of benzene rings is 2. The van der Waals surface area contributed by atoms with Crippen LogP contribution in [0.3, 0.4) is 0 Å². The normalized spacial score (nSPS) is 11.4. The van der Waals surface area contributed by atoms with Gasteiger partial charge in [0.25, 0.3) is 5.91 Å². The molecule has 4 rings (SSSR count). The van der Waals surface area contributed by atoms with Gasteiger partial charge in [-0.2, -0.15) is 5.10 Å². The molecule has 10 heteroatoms. The van der Waals surface area contributed by atoms with Crippen LogP contribution in [0.2, 0.25) is 5.02 Å². The molecule has 8 nitrogen and oxygen atoms in total. The highest BCUT2D eigenvalue weighted by molar-refractivity contribution is 7.99. The molecule has 0 aliphatic carbocycles. The van der Waals surface area contributed by atoms with E-state index in [0.717, 1.165) is 17.0 Å². The van der Waals surface area contributed by atoms with Crippen molar-refractivity contribution in [3.63, 3.8) is 0 Å². The van der Waals surface area contributed by atoms with Gasteiger partial charge >= 0.3 is 0 Å². The summed E-state index contributed by atoms with van der Waals surface area (Å²) in [5.74, 6) is 1.90. The van der Waals surface area contributed by atoms with Crippen molar-refractivity contribution in [3.05, 3.63) is 83.8 Å². The van der Waals surface area contributed by atoms with Gasteiger partial charge in [0.05, 0.1) is 19.1 Å². The molecule has 0 bridgehead atoms. The van der Waals surface area contributed by atoms with Gasteiger partial charge in [0, 0.05) is 22.5 Å². The maximum absolute atomic E-state index is 12.3. The Bertz CT molecular complexity index is 1280. The number of nitrogens with one attached hydrogen (secondary N) is 1. The fourth-order valence-electron chi connectivity index (χ4n) is 2.95. The monoisotopic (exact) mass is 493 g/mol. The molecule has 0 atom stereocenters. The highest BCUT2D eigenvalue weighted by Crippen LogP contribution is 2.29. The summed E-state index contributed by atoms with van der Waals surface area (Å²) in [6.07, 6.45) is 6.46. The van der Waals surface area contributed by atoms with E-state index in [1.165, 1.54) is 18.0 Å². The molecule has 172 valence electrons. The minimum Gasteiger partial charge on any atom is -0.497 e. The van der Waals surface area contributed by atoms with Crippen LogP contribution in [0.1, 0.15) is 5.76 Å². The molecule has 0 radical (unpaired) electrons. The summed E-state index contributed by atoms with van der Waals surface area (Å²) in [4.78, 5) is 12.3. The van der Waals surface area contributed by atoms with Crippen molar-refractivity contribution in [1.29, 1.82) is 0 Å². The topological polar surface area (TPSA) is 94.5 Å². The number of hydrogen-bond acceptors (Lipinski definition) is 7. The van der Waals surface area contributed by atoms with E-state index in [1.54, 1.807) is 43.7 Å². The van der Waals surface area contributed by atoms with Gasteiger partial charge < -0.3 is 9.15 Å². The second-order valence-corrected chi connectivity index (χ2v) is 8.20. The highest BCUT2D eigenvalue weighted by Gasteiger charge is 2.17. The highest BCUT2D eigenvalue weighted by atomic mass is 35.5. The second kappa shape index (κ2) is 11.4. The van der Waals surface area contributed by atoms with Crippen LogP contribution in [0.5, 0.6) is 5.75 Å². The number of furan rings is 1. The number of rotatable bonds is 9. The Balaban J connectivity index is 1.48. The van der Waals surface area contributed by atoms with Crippen LogP contribution in [-0.4, -0.2) is 39.7 Å². The van der Waals surface area contributed by atoms with Crippen LogP contribution in [0.25, 0.3) is 23.2 Å². The second-order valence-electron chi connectivity index (χ2n) is 6.82. The van der Waals surface area contributed by atoms with E-state index < -0.39 is 0 Å². The van der Waals surface area contributed by atoms with Crippen LogP contribution in [0.15, 0.2) is 87.7 Å². The number of carbonyl (C=O) groups excluding carboxylic acids is 1. The summed E-state index contributed by atoms with van der Waals surface area (Å²) in [5, 5.41) is 13.8. The van der Waals surface area contributed by atoms with Crippen LogP contribution in [0, 0.1) is 0 Å². The smallest absolute Gasteiger partial charge is 0.250 e. The van der Waals surface area contributed by atoms with E-state index in [-0.39, 0.29) is 11.7 Å². The number of nitrogens with zero attached hydrogens (tertiary/aromatic N) is 4. The molecule has 1 amide bonds. The van der Waals surface area contributed by atoms with Gasteiger partial charge in [-0.25, -0.2) is 5.43 Å². The number of halogens is 1. The standard InChI is InChI=1S/C24H20ClN5O3S/c1-32-20-12-6-17(7-13-20)23-28-29-24(30(23)19-10-8-18(25)9-11-19)34-16-22(31)27-26-14-2-4-21-5-3-15-33-21/h2-15H,16H2,1H3,(H,27,31)/b4-2-,26-14-. The minimum atomic E-state index is -0.274. The number of methoxy groups -OCH3 is 1. The molecule has 0 fully saturated rings. The zero-order valence-electron chi connectivity index (χ0n) is 18.1. The van der Waals surface area contributed by atoms with Gasteiger partial charge in [0.2, 0.25) is 0 Å². The number of amides is 1. The molecule has 0 aliphatic rings. The van der Waals surface area contributed by atoms with E-state index in [4.69, 9.17) is 20.8 Å². The lowest BCUT2D eigenvalue weighted by Gasteiger charge is -2.11. The molecule has 1 N–H and O–H groups in total. The molecule has 0 unspecified atom stereocenters. The summed E-state index contributed by atoms with van der Waals surface area (Å²) in [5.41, 5.74) is 4.17. The third kappa shape index (κ3) is 5.94. The molecular formula is C24H20ClN5O3S. The Morgan fingerprint density at radius 3 is 2.68 bits per heavy atom. The van der Waals surface area contributed by atoms with Crippen molar-refractivity contribution in [2.24, 2.45) is 5.10 Å². The Hall–Kier alpha value is -3.82. The predicted octanol–water partition coefficient (Wildman–Crippen LogP) is 5.10. The molecule has 2 aromatic heterocycles. The average Bonchev–Trinajstić information content (AvgIpc) is 3.53. The largest absolute Gasteiger partial charge is 0.497 e. The van der Waals surface area contributed by atoms with Crippen molar-refractivity contribution in [1.82, 2.24) is 20.2 Å². The van der Waals surface area contributed by atoms with Crippen molar-refractivity contribution in [2.75, 3.05) is 12.9 Å².